The summed E-state index contributed by atoms with van der Waals surface area (Å²) in [7, 11) is 1.51. The largest absolute Gasteiger partial charge is 0.495 e. The summed E-state index contributed by atoms with van der Waals surface area (Å²) in [5, 5.41) is 2.67. The smallest absolute Gasteiger partial charge is 0.331 e. The molecule has 0 saturated carbocycles. The van der Waals surface area contributed by atoms with Gasteiger partial charge in [-0.3, -0.25) is 4.79 Å². The average Bonchev–Trinajstić information content (AvgIpc) is 3.14. The molecule has 0 bridgehead atoms. The number of hydrogen-bond donors (Lipinski definition) is 1. The molecule has 1 heterocycles. The summed E-state index contributed by atoms with van der Waals surface area (Å²) in [6, 6.07) is 12.3. The number of carbonyl (C=O) groups is 2. The van der Waals surface area contributed by atoms with Gasteiger partial charge in [0.25, 0.3) is 5.91 Å². The molecule has 1 amide bonds. The molecule has 2 aromatic carbocycles. The van der Waals surface area contributed by atoms with E-state index in [9.17, 15) is 9.59 Å². The van der Waals surface area contributed by atoms with E-state index in [0.717, 1.165) is 5.56 Å². The van der Waals surface area contributed by atoms with E-state index >= 15 is 0 Å². The van der Waals surface area contributed by atoms with E-state index in [1.54, 1.807) is 48.5 Å². The molecule has 0 saturated heterocycles. The van der Waals surface area contributed by atoms with Crippen LogP contribution in [0, 0.1) is 0 Å². The van der Waals surface area contributed by atoms with Gasteiger partial charge < -0.3 is 24.3 Å². The second-order valence-corrected chi connectivity index (χ2v) is 5.71. The Kier molecular flexibility index (Phi) is 5.61. The Morgan fingerprint density at radius 2 is 1.93 bits per heavy atom. The third-order valence-corrected chi connectivity index (χ3v) is 3.84. The molecule has 140 valence electrons. The van der Waals surface area contributed by atoms with Crippen LogP contribution in [0.25, 0.3) is 6.08 Å². The van der Waals surface area contributed by atoms with Crippen LogP contribution in [0.5, 0.6) is 17.2 Å². The topological polar surface area (TPSA) is 83.1 Å². The fourth-order valence-corrected chi connectivity index (χ4v) is 2.43. The van der Waals surface area contributed by atoms with Crippen LogP contribution in [0.1, 0.15) is 12.5 Å². The summed E-state index contributed by atoms with van der Waals surface area (Å²) < 4.78 is 20.8. The van der Waals surface area contributed by atoms with Crippen LogP contribution in [0.2, 0.25) is 0 Å². The zero-order valence-electron chi connectivity index (χ0n) is 14.9. The third kappa shape index (κ3) is 4.58. The number of fused-ring (bicyclic) bond motifs is 1. The molecule has 0 unspecified atom stereocenters. The van der Waals surface area contributed by atoms with Crippen molar-refractivity contribution in [2.24, 2.45) is 0 Å². The molecule has 2 aromatic rings. The Morgan fingerprint density at radius 3 is 2.74 bits per heavy atom. The SMILES string of the molecule is COc1ccccc1NC(=O)[C@@H](C)OC(=O)/C=C/c1ccc2c(c1)OCO2. The molecule has 1 aliphatic heterocycles. The molecule has 7 heteroatoms. The van der Waals surface area contributed by atoms with Crippen LogP contribution in [0.4, 0.5) is 5.69 Å². The average molecular weight is 369 g/mol. The molecular formula is C20H19NO6. The lowest BCUT2D eigenvalue weighted by molar-refractivity contribution is -0.148. The molecule has 0 aromatic heterocycles. The monoisotopic (exact) mass is 369 g/mol. The Hall–Kier alpha value is -3.48. The van der Waals surface area contributed by atoms with Gasteiger partial charge >= 0.3 is 5.97 Å². The predicted octanol–water partition coefficient (Wildman–Crippen LogP) is 3.01. The van der Waals surface area contributed by atoms with Crippen LogP contribution < -0.4 is 19.5 Å². The normalized spacial score (nSPS) is 13.3. The summed E-state index contributed by atoms with van der Waals surface area (Å²) in [6.07, 6.45) is 1.86. The Bertz CT molecular complexity index is 877. The highest BCUT2D eigenvalue weighted by molar-refractivity contribution is 5.97. The highest BCUT2D eigenvalue weighted by Gasteiger charge is 2.18. The van der Waals surface area contributed by atoms with E-state index in [-0.39, 0.29) is 6.79 Å². The molecule has 0 radical (unpaired) electrons. The van der Waals surface area contributed by atoms with Crippen LogP contribution in [-0.2, 0) is 14.3 Å². The van der Waals surface area contributed by atoms with Crippen molar-refractivity contribution < 1.29 is 28.5 Å². The van der Waals surface area contributed by atoms with E-state index in [1.165, 1.54) is 20.1 Å². The van der Waals surface area contributed by atoms with E-state index in [0.29, 0.717) is 22.9 Å². The molecule has 0 aliphatic carbocycles. The number of esters is 1. The van der Waals surface area contributed by atoms with Crippen molar-refractivity contribution in [3.8, 4) is 17.2 Å². The second kappa shape index (κ2) is 8.27. The molecule has 1 N–H and O–H groups in total. The van der Waals surface area contributed by atoms with Crippen molar-refractivity contribution in [1.82, 2.24) is 0 Å². The van der Waals surface area contributed by atoms with Gasteiger partial charge in [0.05, 0.1) is 12.8 Å². The van der Waals surface area contributed by atoms with Gasteiger partial charge in [-0.2, -0.15) is 0 Å². The molecule has 27 heavy (non-hydrogen) atoms. The van der Waals surface area contributed by atoms with E-state index < -0.39 is 18.0 Å². The minimum Gasteiger partial charge on any atom is -0.495 e. The summed E-state index contributed by atoms with van der Waals surface area (Å²) >= 11 is 0. The van der Waals surface area contributed by atoms with Crippen LogP contribution in [0.3, 0.4) is 0 Å². The third-order valence-electron chi connectivity index (χ3n) is 3.84. The van der Waals surface area contributed by atoms with Gasteiger partial charge in [-0.15, -0.1) is 0 Å². The van der Waals surface area contributed by atoms with Crippen molar-refractivity contribution in [3.63, 3.8) is 0 Å². The first-order valence-electron chi connectivity index (χ1n) is 8.29. The minimum atomic E-state index is -0.969. The summed E-state index contributed by atoms with van der Waals surface area (Å²) in [6.45, 7) is 1.68. The first-order valence-corrected chi connectivity index (χ1v) is 8.29. The molecular weight excluding hydrogens is 350 g/mol. The number of ether oxygens (including phenoxy) is 4. The van der Waals surface area contributed by atoms with Gasteiger partial charge in [0.15, 0.2) is 17.6 Å². The van der Waals surface area contributed by atoms with Gasteiger partial charge in [-0.25, -0.2) is 4.79 Å². The molecule has 1 aliphatic rings. The maximum Gasteiger partial charge on any atom is 0.331 e. The van der Waals surface area contributed by atoms with Gasteiger partial charge in [0.2, 0.25) is 6.79 Å². The van der Waals surface area contributed by atoms with Gasteiger partial charge in [-0.05, 0) is 42.8 Å². The maximum absolute atomic E-state index is 12.2. The lowest BCUT2D eigenvalue weighted by Crippen LogP contribution is -2.29. The summed E-state index contributed by atoms with van der Waals surface area (Å²) in [4.78, 5) is 24.2. The van der Waals surface area contributed by atoms with Crippen LogP contribution >= 0.6 is 0 Å². The number of carbonyl (C=O) groups excluding carboxylic acids is 2. The fraction of sp³-hybridized carbons (Fsp3) is 0.200. The number of amides is 1. The van der Waals surface area contributed by atoms with Gasteiger partial charge in [0, 0.05) is 6.08 Å². The lowest BCUT2D eigenvalue weighted by atomic mass is 10.2. The number of benzene rings is 2. The molecule has 0 fully saturated rings. The summed E-state index contributed by atoms with van der Waals surface area (Å²) in [5.74, 6) is 0.721. The van der Waals surface area contributed by atoms with Crippen LogP contribution in [-0.4, -0.2) is 31.9 Å². The second-order valence-electron chi connectivity index (χ2n) is 5.71. The minimum absolute atomic E-state index is 0.184. The van der Waals surface area contributed by atoms with Crippen molar-refractivity contribution in [1.29, 1.82) is 0 Å². The quantitative estimate of drug-likeness (QED) is 0.623. The Labute approximate surface area is 156 Å². The standard InChI is InChI=1S/C20H19NO6/c1-13(20(23)21-15-5-3-4-6-16(15)24-2)27-19(22)10-8-14-7-9-17-18(11-14)26-12-25-17/h3-11,13H,12H2,1-2H3,(H,21,23)/b10-8+/t13-/m1/s1. The van der Waals surface area contributed by atoms with Crippen molar-refractivity contribution in [2.75, 3.05) is 19.2 Å². The Balaban J connectivity index is 1.56. The van der Waals surface area contributed by atoms with E-state index in [4.69, 9.17) is 18.9 Å². The first kappa shape index (κ1) is 18.3. The fourth-order valence-electron chi connectivity index (χ4n) is 2.43. The number of hydrogen-bond acceptors (Lipinski definition) is 6. The molecule has 1 atom stereocenters. The zero-order valence-corrected chi connectivity index (χ0v) is 14.9. The number of nitrogens with one attached hydrogen (secondary N) is 1. The van der Waals surface area contributed by atoms with E-state index in [2.05, 4.69) is 5.32 Å². The van der Waals surface area contributed by atoms with Crippen LogP contribution in [0.15, 0.2) is 48.5 Å². The Morgan fingerprint density at radius 1 is 1.15 bits per heavy atom. The number of anilines is 1. The molecule has 3 rings (SSSR count). The van der Waals surface area contributed by atoms with Gasteiger partial charge in [-0.1, -0.05) is 18.2 Å². The number of para-hydroxylation sites is 2. The summed E-state index contributed by atoms with van der Waals surface area (Å²) in [5.41, 5.74) is 1.26. The number of methoxy groups -OCH3 is 1. The highest BCUT2D eigenvalue weighted by Crippen LogP contribution is 2.32. The van der Waals surface area contributed by atoms with Crippen molar-refractivity contribution >= 4 is 23.6 Å². The highest BCUT2D eigenvalue weighted by atomic mass is 16.7. The zero-order chi connectivity index (χ0) is 19.2. The molecule has 0 spiro atoms. The first-order chi connectivity index (χ1) is 13.1. The van der Waals surface area contributed by atoms with Crippen molar-refractivity contribution in [3.05, 3.63) is 54.1 Å². The van der Waals surface area contributed by atoms with Crippen molar-refractivity contribution in [2.45, 2.75) is 13.0 Å². The predicted molar refractivity (Wildman–Crippen MR) is 98.8 cm³/mol. The molecule has 7 nitrogen and oxygen atoms in total. The van der Waals surface area contributed by atoms with Gasteiger partial charge in [0.1, 0.15) is 5.75 Å². The maximum atomic E-state index is 12.2. The number of rotatable bonds is 6. The lowest BCUT2D eigenvalue weighted by Gasteiger charge is -2.14. The van der Waals surface area contributed by atoms with E-state index in [1.807, 2.05) is 0 Å².